The van der Waals surface area contributed by atoms with Gasteiger partial charge >= 0.3 is 12.1 Å². The highest BCUT2D eigenvalue weighted by Crippen LogP contribution is 2.50. The van der Waals surface area contributed by atoms with E-state index in [-0.39, 0.29) is 5.56 Å². The number of esters is 1. The average molecular weight is 398 g/mol. The third kappa shape index (κ3) is 4.39. The molecule has 1 aliphatic rings. The van der Waals surface area contributed by atoms with E-state index in [1.54, 1.807) is 57.7 Å². The van der Waals surface area contributed by atoms with Gasteiger partial charge in [0.15, 0.2) is 0 Å². The molecule has 2 rings (SSSR count). The van der Waals surface area contributed by atoms with E-state index in [1.807, 2.05) is 0 Å². The van der Waals surface area contributed by atoms with E-state index in [1.165, 1.54) is 13.2 Å². The Morgan fingerprint density at radius 2 is 1.74 bits per heavy atom. The van der Waals surface area contributed by atoms with Crippen LogP contribution in [0.15, 0.2) is 24.3 Å². The van der Waals surface area contributed by atoms with Crippen molar-refractivity contribution in [2.45, 2.75) is 51.7 Å². The molecule has 1 aromatic rings. The number of rotatable bonds is 4. The number of methoxy groups -OCH3 is 1. The molecule has 0 aliphatic carbocycles. The quantitative estimate of drug-likeness (QED) is 0.770. The van der Waals surface area contributed by atoms with Gasteiger partial charge in [0.2, 0.25) is 0 Å². The summed E-state index contributed by atoms with van der Waals surface area (Å²) in [7, 11) is 1.32. The molecular formula is C20H28FNO4S. The van der Waals surface area contributed by atoms with Gasteiger partial charge in [-0.1, -0.05) is 18.2 Å². The van der Waals surface area contributed by atoms with Crippen molar-refractivity contribution in [3.63, 3.8) is 0 Å². The summed E-state index contributed by atoms with van der Waals surface area (Å²) in [5, 5.41) is 2.82. The average Bonchev–Trinajstić information content (AvgIpc) is 2.60. The lowest BCUT2D eigenvalue weighted by molar-refractivity contribution is -0.159. The molecule has 27 heavy (non-hydrogen) atoms. The number of thioether (sulfide) groups is 1. The first-order chi connectivity index (χ1) is 12.6. The van der Waals surface area contributed by atoms with Gasteiger partial charge in [-0.2, -0.15) is 11.8 Å². The van der Waals surface area contributed by atoms with Crippen LogP contribution in [0.3, 0.4) is 0 Å². The first kappa shape index (κ1) is 21.5. The van der Waals surface area contributed by atoms with E-state index in [0.29, 0.717) is 12.8 Å². The standard InChI is InChI=1S/C20H28FNO4S/c1-18(2,3)26-17(24)22-19(4,14-8-6-7-9-15(14)21)20(16(23)25-5)10-12-27-13-11-20/h6-9H,10-13H2,1-5H3,(H,22,24)/t19-/m1/s1. The van der Waals surface area contributed by atoms with Crippen molar-refractivity contribution < 1.29 is 23.5 Å². The Morgan fingerprint density at radius 1 is 1.15 bits per heavy atom. The minimum atomic E-state index is -1.32. The molecule has 7 heteroatoms. The number of ether oxygens (including phenoxy) is 2. The Kier molecular flexibility index (Phi) is 6.45. The van der Waals surface area contributed by atoms with Crippen LogP contribution in [0.2, 0.25) is 0 Å². The predicted octanol–water partition coefficient (Wildman–Crippen LogP) is 4.25. The van der Waals surface area contributed by atoms with Gasteiger partial charge in [0, 0.05) is 5.56 Å². The van der Waals surface area contributed by atoms with Crippen molar-refractivity contribution in [3.05, 3.63) is 35.6 Å². The normalized spacial score (nSPS) is 18.9. The van der Waals surface area contributed by atoms with Crippen LogP contribution in [0.1, 0.15) is 46.1 Å². The topological polar surface area (TPSA) is 64.6 Å². The smallest absolute Gasteiger partial charge is 0.408 e. The number of halogens is 1. The van der Waals surface area contributed by atoms with Gasteiger partial charge in [0.1, 0.15) is 11.4 Å². The van der Waals surface area contributed by atoms with E-state index >= 15 is 0 Å². The number of carbonyl (C=O) groups excluding carboxylic acids is 2. The second-order valence-corrected chi connectivity index (χ2v) is 9.14. The Morgan fingerprint density at radius 3 is 2.26 bits per heavy atom. The molecule has 1 fully saturated rings. The molecule has 0 aromatic heterocycles. The molecule has 0 bridgehead atoms. The minimum absolute atomic E-state index is 0.244. The van der Waals surface area contributed by atoms with Gasteiger partial charge in [-0.15, -0.1) is 0 Å². The van der Waals surface area contributed by atoms with Crippen molar-refractivity contribution in [1.29, 1.82) is 0 Å². The first-order valence-electron chi connectivity index (χ1n) is 8.98. The van der Waals surface area contributed by atoms with Crippen molar-refractivity contribution in [1.82, 2.24) is 5.32 Å². The molecule has 150 valence electrons. The van der Waals surface area contributed by atoms with Gasteiger partial charge in [-0.3, -0.25) is 4.79 Å². The van der Waals surface area contributed by atoms with Gasteiger partial charge in [-0.25, -0.2) is 9.18 Å². The maximum absolute atomic E-state index is 14.8. The number of hydrogen-bond acceptors (Lipinski definition) is 5. The lowest BCUT2D eigenvalue weighted by Gasteiger charge is -2.49. The van der Waals surface area contributed by atoms with E-state index < -0.39 is 34.4 Å². The Balaban J connectivity index is 2.59. The van der Waals surface area contributed by atoms with Crippen LogP contribution in [0.4, 0.5) is 9.18 Å². The maximum atomic E-state index is 14.8. The summed E-state index contributed by atoms with van der Waals surface area (Å²) >= 11 is 1.72. The summed E-state index contributed by atoms with van der Waals surface area (Å²) in [5.41, 5.74) is -2.89. The second kappa shape index (κ2) is 8.09. The van der Waals surface area contributed by atoms with Crippen molar-refractivity contribution in [3.8, 4) is 0 Å². The summed E-state index contributed by atoms with van der Waals surface area (Å²) < 4.78 is 25.4. The third-order valence-corrected chi connectivity index (χ3v) is 6.03. The number of benzene rings is 1. The SMILES string of the molecule is COC(=O)C1([C@](C)(NC(=O)OC(C)(C)C)c2ccccc2F)CCSCC1. The number of alkyl carbamates (subject to hydrolysis) is 1. The molecule has 1 amide bonds. The maximum Gasteiger partial charge on any atom is 0.408 e. The van der Waals surface area contributed by atoms with Crippen molar-refractivity contribution in [2.75, 3.05) is 18.6 Å². The second-order valence-electron chi connectivity index (χ2n) is 7.92. The molecule has 1 aliphatic heterocycles. The summed E-state index contributed by atoms with van der Waals surface area (Å²) in [6.07, 6.45) is 0.227. The molecule has 0 radical (unpaired) electrons. The molecule has 1 saturated heterocycles. The fraction of sp³-hybridized carbons (Fsp3) is 0.600. The summed E-state index contributed by atoms with van der Waals surface area (Å²) in [4.78, 5) is 25.6. The lowest BCUT2D eigenvalue weighted by atomic mass is 9.63. The molecule has 0 spiro atoms. The van der Waals surface area contributed by atoms with Crippen LogP contribution in [0, 0.1) is 11.2 Å². The van der Waals surface area contributed by atoms with Crippen LogP contribution in [0.25, 0.3) is 0 Å². The number of amides is 1. The van der Waals surface area contributed by atoms with Gasteiger partial charge in [0.05, 0.1) is 18.1 Å². The van der Waals surface area contributed by atoms with E-state index in [2.05, 4.69) is 5.32 Å². The first-order valence-corrected chi connectivity index (χ1v) is 10.1. The van der Waals surface area contributed by atoms with Crippen LogP contribution >= 0.6 is 11.8 Å². The Hall–Kier alpha value is -1.76. The zero-order valence-electron chi connectivity index (χ0n) is 16.6. The predicted molar refractivity (Wildman–Crippen MR) is 104 cm³/mol. The van der Waals surface area contributed by atoms with Crippen LogP contribution in [-0.4, -0.2) is 36.3 Å². The van der Waals surface area contributed by atoms with Crippen LogP contribution in [-0.2, 0) is 19.8 Å². The summed E-state index contributed by atoms with van der Waals surface area (Å²) in [6, 6.07) is 6.19. The largest absolute Gasteiger partial charge is 0.469 e. The Bertz CT molecular complexity index is 697. The Labute approximate surface area is 164 Å². The van der Waals surface area contributed by atoms with Gasteiger partial charge in [0.25, 0.3) is 0 Å². The summed E-state index contributed by atoms with van der Waals surface area (Å²) in [5.74, 6) is 0.492. The van der Waals surface area contributed by atoms with Gasteiger partial charge in [-0.05, 0) is 58.1 Å². The molecule has 5 nitrogen and oxygen atoms in total. The molecule has 1 aromatic carbocycles. The third-order valence-electron chi connectivity index (χ3n) is 5.04. The highest BCUT2D eigenvalue weighted by atomic mass is 32.2. The van der Waals surface area contributed by atoms with Crippen molar-refractivity contribution >= 4 is 23.8 Å². The number of hydrogen-bond donors (Lipinski definition) is 1. The molecule has 0 unspecified atom stereocenters. The zero-order valence-corrected chi connectivity index (χ0v) is 17.4. The van der Waals surface area contributed by atoms with E-state index in [4.69, 9.17) is 9.47 Å². The lowest BCUT2D eigenvalue weighted by Crippen LogP contribution is -2.61. The number of carbonyl (C=O) groups is 2. The van der Waals surface area contributed by atoms with E-state index in [0.717, 1.165) is 11.5 Å². The summed E-state index contributed by atoms with van der Waals surface area (Å²) in [6.45, 7) is 6.93. The zero-order chi connectivity index (χ0) is 20.3. The van der Waals surface area contributed by atoms with Crippen LogP contribution < -0.4 is 5.32 Å². The minimum Gasteiger partial charge on any atom is -0.469 e. The molecule has 0 saturated carbocycles. The molecule has 1 atom stereocenters. The molecule has 1 heterocycles. The fourth-order valence-corrected chi connectivity index (χ4v) is 4.83. The number of nitrogens with one attached hydrogen (secondary N) is 1. The highest BCUT2D eigenvalue weighted by molar-refractivity contribution is 7.99. The fourth-order valence-electron chi connectivity index (χ4n) is 3.64. The highest BCUT2D eigenvalue weighted by Gasteiger charge is 2.58. The molecular weight excluding hydrogens is 369 g/mol. The molecule has 1 N–H and O–H groups in total. The van der Waals surface area contributed by atoms with Gasteiger partial charge < -0.3 is 14.8 Å². The van der Waals surface area contributed by atoms with Crippen molar-refractivity contribution in [2.24, 2.45) is 5.41 Å². The van der Waals surface area contributed by atoms with E-state index in [9.17, 15) is 14.0 Å². The van der Waals surface area contributed by atoms with Crippen LogP contribution in [0.5, 0.6) is 0 Å². The monoisotopic (exact) mass is 397 g/mol.